The van der Waals surface area contributed by atoms with Gasteiger partial charge in [-0.2, -0.15) is 0 Å². The van der Waals surface area contributed by atoms with Crippen molar-refractivity contribution in [2.45, 2.75) is 37.0 Å². The average Bonchev–Trinajstić information content (AvgIpc) is 2.83. The van der Waals surface area contributed by atoms with Crippen molar-refractivity contribution < 1.29 is 9.85 Å². The van der Waals surface area contributed by atoms with Crippen LogP contribution in [-0.2, 0) is 0 Å². The van der Waals surface area contributed by atoms with Crippen molar-refractivity contribution in [1.29, 1.82) is 0 Å². The molecular weight excluding hydrogens is 272 g/mol. The monoisotopic (exact) mass is 282 g/mol. The average molecular weight is 282 g/mol. The Morgan fingerprint density at radius 2 is 1.20 bits per heavy atom. The zero-order valence-corrected chi connectivity index (χ0v) is 10.2. The molecular formula is C8H10N8O4. The van der Waals surface area contributed by atoms with Crippen molar-refractivity contribution >= 4 is 0 Å². The highest BCUT2D eigenvalue weighted by atomic mass is 16.6. The molecule has 2 aliphatic rings. The molecule has 2 rings (SSSR count). The third-order valence-corrected chi connectivity index (χ3v) is 4.16. The normalized spacial score (nSPS) is 38.4. The van der Waals surface area contributed by atoms with E-state index >= 15 is 0 Å². The van der Waals surface area contributed by atoms with Crippen LogP contribution in [0.2, 0.25) is 0 Å². The van der Waals surface area contributed by atoms with E-state index in [-0.39, 0.29) is 37.5 Å². The van der Waals surface area contributed by atoms with Crippen molar-refractivity contribution in [3.8, 4) is 0 Å². The summed E-state index contributed by atoms with van der Waals surface area (Å²) in [4.78, 5) is 25.9. The number of azide groups is 2. The van der Waals surface area contributed by atoms with E-state index in [1.165, 1.54) is 0 Å². The highest BCUT2D eigenvalue weighted by molar-refractivity contribution is 5.03. The zero-order chi connectivity index (χ0) is 15.0. The van der Waals surface area contributed by atoms with Crippen LogP contribution in [0, 0.1) is 32.1 Å². The molecule has 0 aromatic heterocycles. The maximum atomic E-state index is 11.1. The molecule has 0 amide bonds. The Morgan fingerprint density at radius 3 is 1.40 bits per heavy atom. The van der Waals surface area contributed by atoms with E-state index in [1.54, 1.807) is 0 Å². The first-order valence-electron chi connectivity index (χ1n) is 5.81. The second-order valence-corrected chi connectivity index (χ2v) is 5.19. The van der Waals surface area contributed by atoms with Crippen molar-refractivity contribution in [3.05, 3.63) is 41.1 Å². The maximum Gasteiger partial charge on any atom is 0.301 e. The van der Waals surface area contributed by atoms with E-state index in [0.717, 1.165) is 0 Å². The molecule has 0 aliphatic heterocycles. The summed E-state index contributed by atoms with van der Waals surface area (Å²) in [6.45, 7) is 0. The summed E-state index contributed by atoms with van der Waals surface area (Å²) < 4.78 is 0. The predicted octanol–water partition coefficient (Wildman–Crippen LogP) is 2.37. The van der Waals surface area contributed by atoms with Gasteiger partial charge in [0.05, 0.1) is 0 Å². The summed E-state index contributed by atoms with van der Waals surface area (Å²) >= 11 is 0. The van der Waals surface area contributed by atoms with Gasteiger partial charge in [-0.05, 0) is 33.1 Å². The molecule has 0 bridgehead atoms. The number of rotatable bonds is 4. The Labute approximate surface area is 111 Å². The molecule has 2 saturated carbocycles. The molecule has 0 aromatic carbocycles. The molecule has 0 heterocycles. The predicted molar refractivity (Wildman–Crippen MR) is 63.2 cm³/mol. The van der Waals surface area contributed by atoms with Crippen LogP contribution in [0.4, 0.5) is 0 Å². The Morgan fingerprint density at radius 1 is 0.900 bits per heavy atom. The first kappa shape index (κ1) is 13.8. The van der Waals surface area contributed by atoms with Crippen LogP contribution in [-0.4, -0.2) is 21.2 Å². The summed E-state index contributed by atoms with van der Waals surface area (Å²) in [6.07, 6.45) is -0.257. The maximum absolute atomic E-state index is 11.1. The third kappa shape index (κ3) is 1.87. The SMILES string of the molecule is [N-]=[N+]=NC1([N+](=O)[O-])CC2CC(N=[N+]=[N-])([N+](=O)[O-])CC2C1. The van der Waals surface area contributed by atoms with Crippen molar-refractivity contribution in [2.75, 3.05) is 0 Å². The van der Waals surface area contributed by atoms with Gasteiger partial charge in [-0.1, -0.05) is 0 Å². The van der Waals surface area contributed by atoms with Gasteiger partial charge in [0, 0.05) is 45.4 Å². The fourth-order valence-electron chi connectivity index (χ4n) is 3.36. The van der Waals surface area contributed by atoms with E-state index in [2.05, 4.69) is 20.1 Å². The first-order valence-corrected chi connectivity index (χ1v) is 5.81. The van der Waals surface area contributed by atoms with Gasteiger partial charge in [0.25, 0.3) is 0 Å². The Balaban J connectivity index is 2.28. The van der Waals surface area contributed by atoms with Crippen LogP contribution in [0.3, 0.4) is 0 Å². The van der Waals surface area contributed by atoms with Crippen LogP contribution in [0.1, 0.15) is 25.7 Å². The summed E-state index contributed by atoms with van der Waals surface area (Å²) in [7, 11) is 0. The number of hydrogen-bond donors (Lipinski definition) is 0. The molecule has 2 aliphatic carbocycles. The van der Waals surface area contributed by atoms with Gasteiger partial charge in [0.2, 0.25) is 0 Å². The smallest absolute Gasteiger partial charge is 0.264 e. The molecule has 0 radical (unpaired) electrons. The molecule has 12 nitrogen and oxygen atoms in total. The van der Waals surface area contributed by atoms with Crippen LogP contribution in [0.15, 0.2) is 10.2 Å². The molecule has 0 unspecified atom stereocenters. The molecule has 2 fully saturated rings. The van der Waals surface area contributed by atoms with E-state index in [9.17, 15) is 20.2 Å². The van der Waals surface area contributed by atoms with Gasteiger partial charge in [-0.15, -0.1) is 0 Å². The fraction of sp³-hybridized carbons (Fsp3) is 1.00. The molecule has 0 atom stereocenters. The molecule has 0 N–H and O–H groups in total. The Kier molecular flexibility index (Phi) is 3.12. The molecule has 12 heteroatoms. The van der Waals surface area contributed by atoms with Gasteiger partial charge in [-0.25, -0.2) is 0 Å². The Hall–Kier alpha value is -2.58. The van der Waals surface area contributed by atoms with E-state index in [0.29, 0.717) is 0 Å². The summed E-state index contributed by atoms with van der Waals surface area (Å²) in [5, 5.41) is 28.7. The van der Waals surface area contributed by atoms with Crippen LogP contribution in [0.25, 0.3) is 20.9 Å². The highest BCUT2D eigenvalue weighted by Gasteiger charge is 2.64. The number of nitrogens with zero attached hydrogens (tertiary/aromatic N) is 8. The molecule has 106 valence electrons. The molecule has 0 spiro atoms. The number of nitro groups is 2. The van der Waals surface area contributed by atoms with Crippen LogP contribution in [0.5, 0.6) is 0 Å². The standard InChI is InChI=1S/C8H10N8O4/c9-13-11-7(15(17)18)1-5-2-8(12-14-10,16(19)20)4-6(5)3-7/h5-6H,1-4H2. The largest absolute Gasteiger partial charge is 0.301 e. The lowest BCUT2D eigenvalue weighted by molar-refractivity contribution is -0.576. The minimum Gasteiger partial charge on any atom is -0.264 e. The van der Waals surface area contributed by atoms with Gasteiger partial charge in [-0.3, -0.25) is 20.2 Å². The lowest BCUT2D eigenvalue weighted by Gasteiger charge is -2.18. The van der Waals surface area contributed by atoms with Gasteiger partial charge >= 0.3 is 11.3 Å². The second-order valence-electron chi connectivity index (χ2n) is 5.19. The van der Waals surface area contributed by atoms with Gasteiger partial charge in [0.1, 0.15) is 0 Å². The minimum absolute atomic E-state index is 0.0642. The van der Waals surface area contributed by atoms with E-state index in [1.807, 2.05) is 0 Å². The lowest BCUT2D eigenvalue weighted by atomic mass is 10.0. The quantitative estimate of drug-likeness (QED) is 0.252. The first-order chi connectivity index (χ1) is 9.39. The molecule has 0 saturated heterocycles. The van der Waals surface area contributed by atoms with Crippen molar-refractivity contribution in [3.63, 3.8) is 0 Å². The van der Waals surface area contributed by atoms with Gasteiger partial charge in [0.15, 0.2) is 0 Å². The third-order valence-electron chi connectivity index (χ3n) is 4.16. The second kappa shape index (κ2) is 4.51. The number of hydrogen-bond acceptors (Lipinski definition) is 6. The molecule has 0 aromatic rings. The highest BCUT2D eigenvalue weighted by Crippen LogP contribution is 2.55. The Bertz CT molecular complexity index is 493. The number of fused-ring (bicyclic) bond motifs is 1. The lowest BCUT2D eigenvalue weighted by Crippen LogP contribution is -2.37. The van der Waals surface area contributed by atoms with Crippen LogP contribution >= 0.6 is 0 Å². The van der Waals surface area contributed by atoms with Crippen molar-refractivity contribution in [1.82, 2.24) is 0 Å². The zero-order valence-electron chi connectivity index (χ0n) is 10.2. The van der Waals surface area contributed by atoms with E-state index < -0.39 is 21.2 Å². The van der Waals surface area contributed by atoms with Gasteiger partial charge < -0.3 is 0 Å². The minimum atomic E-state index is -1.73. The van der Waals surface area contributed by atoms with Crippen molar-refractivity contribution in [2.24, 2.45) is 22.1 Å². The van der Waals surface area contributed by atoms with E-state index in [4.69, 9.17) is 11.1 Å². The summed E-state index contributed by atoms with van der Waals surface area (Å²) in [6, 6.07) is 0. The summed E-state index contributed by atoms with van der Waals surface area (Å²) in [5.74, 6) is -0.719. The molecule has 20 heavy (non-hydrogen) atoms. The van der Waals surface area contributed by atoms with Crippen LogP contribution < -0.4 is 0 Å². The fourth-order valence-corrected chi connectivity index (χ4v) is 3.36. The summed E-state index contributed by atoms with van der Waals surface area (Å²) in [5.41, 5.74) is 13.5. The topological polar surface area (TPSA) is 184 Å².